The van der Waals surface area contributed by atoms with Gasteiger partial charge in [-0.15, -0.1) is 0 Å². The fourth-order valence-electron chi connectivity index (χ4n) is 4.16. The van der Waals surface area contributed by atoms with E-state index in [0.29, 0.717) is 50.5 Å². The molecule has 1 fully saturated rings. The van der Waals surface area contributed by atoms with Crippen molar-refractivity contribution in [3.8, 4) is 11.5 Å². The molecule has 0 bridgehead atoms. The summed E-state index contributed by atoms with van der Waals surface area (Å²) in [4.78, 5) is 12.7. The normalized spacial score (nSPS) is 21.1. The molecule has 1 saturated heterocycles. The van der Waals surface area contributed by atoms with Gasteiger partial charge in [-0.1, -0.05) is 42.5 Å². The Kier molecular flexibility index (Phi) is 7.32. The lowest BCUT2D eigenvalue weighted by molar-refractivity contribution is -0.126. The molecule has 2 aliphatic rings. The highest BCUT2D eigenvalue weighted by atomic mass is 32.2. The van der Waals surface area contributed by atoms with Crippen LogP contribution < -0.4 is 14.8 Å². The van der Waals surface area contributed by atoms with Gasteiger partial charge in [-0.25, -0.2) is 12.7 Å². The Morgan fingerprint density at radius 2 is 1.81 bits per heavy atom. The second-order valence-corrected chi connectivity index (χ2v) is 10.4. The minimum Gasteiger partial charge on any atom is -0.486 e. The molecule has 0 spiro atoms. The minimum atomic E-state index is -3.38. The van der Waals surface area contributed by atoms with Crippen molar-refractivity contribution in [3.05, 3.63) is 60.2 Å². The molecular formula is C24H30N2O5S. The van der Waals surface area contributed by atoms with E-state index in [1.807, 2.05) is 54.6 Å². The Morgan fingerprint density at radius 3 is 2.62 bits per heavy atom. The summed E-state index contributed by atoms with van der Waals surface area (Å²) in [6, 6.07) is 17.3. The van der Waals surface area contributed by atoms with Crippen molar-refractivity contribution in [2.45, 2.75) is 31.8 Å². The lowest BCUT2D eigenvalue weighted by Gasteiger charge is -2.32. The van der Waals surface area contributed by atoms with Gasteiger partial charge in [0.05, 0.1) is 18.2 Å². The number of benzene rings is 2. The third kappa shape index (κ3) is 5.81. The van der Waals surface area contributed by atoms with Crippen LogP contribution in [0.15, 0.2) is 54.6 Å². The SMILES string of the molecule is O=C(NC[C@H]1COc2ccccc2O1)[C@@H]1CCCN(S(=O)(=O)CCCc2ccccc2)C1. The molecule has 1 N–H and O–H groups in total. The minimum absolute atomic E-state index is 0.100. The van der Waals surface area contributed by atoms with E-state index in [1.54, 1.807) is 0 Å². The van der Waals surface area contributed by atoms with E-state index in [4.69, 9.17) is 9.47 Å². The van der Waals surface area contributed by atoms with Gasteiger partial charge in [-0.2, -0.15) is 0 Å². The summed E-state index contributed by atoms with van der Waals surface area (Å²) in [5, 5.41) is 2.92. The number of para-hydroxylation sites is 2. The molecule has 2 aromatic carbocycles. The van der Waals surface area contributed by atoms with Gasteiger partial charge in [0.15, 0.2) is 11.5 Å². The van der Waals surface area contributed by atoms with Crippen molar-refractivity contribution < 1.29 is 22.7 Å². The van der Waals surface area contributed by atoms with E-state index in [-0.39, 0.29) is 30.2 Å². The zero-order valence-electron chi connectivity index (χ0n) is 18.1. The van der Waals surface area contributed by atoms with Gasteiger partial charge in [0, 0.05) is 13.1 Å². The first-order valence-electron chi connectivity index (χ1n) is 11.2. The Morgan fingerprint density at radius 1 is 1.06 bits per heavy atom. The van der Waals surface area contributed by atoms with Gasteiger partial charge >= 0.3 is 0 Å². The topological polar surface area (TPSA) is 84.9 Å². The van der Waals surface area contributed by atoms with E-state index in [0.717, 1.165) is 12.0 Å². The second-order valence-electron chi connectivity index (χ2n) is 8.35. The molecule has 0 radical (unpaired) electrons. The van der Waals surface area contributed by atoms with Gasteiger partial charge in [-0.3, -0.25) is 4.79 Å². The molecule has 2 heterocycles. The van der Waals surface area contributed by atoms with Crippen LogP contribution in [-0.2, 0) is 21.2 Å². The van der Waals surface area contributed by atoms with E-state index >= 15 is 0 Å². The van der Waals surface area contributed by atoms with Gasteiger partial charge in [0.1, 0.15) is 12.7 Å². The van der Waals surface area contributed by atoms with Crippen LogP contribution in [0.3, 0.4) is 0 Å². The smallest absolute Gasteiger partial charge is 0.224 e. The van der Waals surface area contributed by atoms with Crippen LogP contribution in [-0.4, -0.2) is 56.7 Å². The number of amides is 1. The van der Waals surface area contributed by atoms with E-state index < -0.39 is 10.0 Å². The number of hydrogen-bond acceptors (Lipinski definition) is 5. The highest BCUT2D eigenvalue weighted by Crippen LogP contribution is 2.30. The Bertz CT molecular complexity index is 1010. The number of carbonyl (C=O) groups is 1. The Hall–Kier alpha value is -2.58. The summed E-state index contributed by atoms with van der Waals surface area (Å²) in [7, 11) is -3.38. The van der Waals surface area contributed by atoms with Crippen molar-refractivity contribution in [3.63, 3.8) is 0 Å². The molecule has 8 heteroatoms. The fourth-order valence-corrected chi connectivity index (χ4v) is 5.75. The summed E-state index contributed by atoms with van der Waals surface area (Å²) < 4.78 is 38.7. The molecule has 0 saturated carbocycles. The van der Waals surface area contributed by atoms with Crippen molar-refractivity contribution in [1.82, 2.24) is 9.62 Å². The number of aryl methyl sites for hydroxylation is 1. The Labute approximate surface area is 189 Å². The summed E-state index contributed by atoms with van der Waals surface area (Å²) in [6.07, 6.45) is 2.40. The molecule has 32 heavy (non-hydrogen) atoms. The van der Waals surface area contributed by atoms with Crippen LogP contribution in [0, 0.1) is 5.92 Å². The zero-order chi connectivity index (χ0) is 22.4. The average Bonchev–Trinajstić information content (AvgIpc) is 2.83. The monoisotopic (exact) mass is 458 g/mol. The molecule has 2 aromatic rings. The zero-order valence-corrected chi connectivity index (χ0v) is 18.9. The van der Waals surface area contributed by atoms with E-state index in [9.17, 15) is 13.2 Å². The third-order valence-electron chi connectivity index (χ3n) is 5.93. The highest BCUT2D eigenvalue weighted by Gasteiger charge is 2.32. The summed E-state index contributed by atoms with van der Waals surface area (Å²) in [5.74, 6) is 1.00. The van der Waals surface area contributed by atoms with Crippen LogP contribution in [0.1, 0.15) is 24.8 Å². The number of rotatable bonds is 8. The van der Waals surface area contributed by atoms with Gasteiger partial charge in [0.25, 0.3) is 0 Å². The number of fused-ring (bicyclic) bond motifs is 1. The van der Waals surface area contributed by atoms with Crippen molar-refractivity contribution in [2.24, 2.45) is 5.92 Å². The Balaban J connectivity index is 1.24. The largest absolute Gasteiger partial charge is 0.486 e. The standard InChI is InChI=1S/C24H30N2O5S/c27-24(25-16-21-18-30-22-12-4-5-13-23(22)31-21)20-11-6-14-26(17-20)32(28,29)15-7-10-19-8-2-1-3-9-19/h1-5,8-9,12-13,20-21H,6-7,10-11,14-18H2,(H,25,27)/t20-,21+/m1/s1. The first kappa shape index (κ1) is 22.6. The summed E-state index contributed by atoms with van der Waals surface area (Å²) in [6.45, 7) is 1.41. The van der Waals surface area contributed by atoms with Crippen LogP contribution in [0.4, 0.5) is 0 Å². The molecule has 172 valence electrons. The molecule has 7 nitrogen and oxygen atoms in total. The third-order valence-corrected chi connectivity index (χ3v) is 7.85. The maximum atomic E-state index is 12.8. The quantitative estimate of drug-likeness (QED) is 0.657. The lowest BCUT2D eigenvalue weighted by atomic mass is 9.99. The van der Waals surface area contributed by atoms with Crippen LogP contribution >= 0.6 is 0 Å². The summed E-state index contributed by atoms with van der Waals surface area (Å²) in [5.41, 5.74) is 1.13. The first-order valence-corrected chi connectivity index (χ1v) is 12.8. The maximum Gasteiger partial charge on any atom is 0.224 e. The van der Waals surface area contributed by atoms with E-state index in [2.05, 4.69) is 5.32 Å². The van der Waals surface area contributed by atoms with Crippen molar-refractivity contribution in [1.29, 1.82) is 0 Å². The predicted molar refractivity (Wildman–Crippen MR) is 122 cm³/mol. The predicted octanol–water partition coefficient (Wildman–Crippen LogP) is 2.62. The van der Waals surface area contributed by atoms with Gasteiger partial charge in [0.2, 0.25) is 15.9 Å². The van der Waals surface area contributed by atoms with Crippen LogP contribution in [0.5, 0.6) is 11.5 Å². The fraction of sp³-hybridized carbons (Fsp3) is 0.458. The van der Waals surface area contributed by atoms with Crippen LogP contribution in [0.25, 0.3) is 0 Å². The summed E-state index contributed by atoms with van der Waals surface area (Å²) >= 11 is 0. The average molecular weight is 459 g/mol. The molecule has 0 aliphatic carbocycles. The second kappa shape index (κ2) is 10.4. The van der Waals surface area contributed by atoms with Gasteiger partial charge < -0.3 is 14.8 Å². The van der Waals surface area contributed by atoms with Gasteiger partial charge in [-0.05, 0) is 43.4 Å². The number of nitrogens with one attached hydrogen (secondary N) is 1. The number of piperidine rings is 1. The molecular weight excluding hydrogens is 428 g/mol. The van der Waals surface area contributed by atoms with Crippen molar-refractivity contribution >= 4 is 15.9 Å². The van der Waals surface area contributed by atoms with Crippen molar-refractivity contribution in [2.75, 3.05) is 32.0 Å². The highest BCUT2D eigenvalue weighted by molar-refractivity contribution is 7.89. The molecule has 2 atom stereocenters. The first-order chi connectivity index (χ1) is 15.5. The molecule has 1 amide bonds. The molecule has 0 aromatic heterocycles. The van der Waals surface area contributed by atoms with Crippen LogP contribution in [0.2, 0.25) is 0 Å². The number of nitrogens with zero attached hydrogens (tertiary/aromatic N) is 1. The number of ether oxygens (including phenoxy) is 2. The number of sulfonamides is 1. The lowest BCUT2D eigenvalue weighted by Crippen LogP contribution is -2.48. The number of carbonyl (C=O) groups excluding carboxylic acids is 1. The number of hydrogen-bond donors (Lipinski definition) is 1. The molecule has 2 aliphatic heterocycles. The molecule has 4 rings (SSSR count). The maximum absolute atomic E-state index is 12.8. The molecule has 0 unspecified atom stereocenters. The van der Waals surface area contributed by atoms with E-state index in [1.165, 1.54) is 4.31 Å².